The molecule has 0 aliphatic carbocycles. The molecule has 0 unspecified atom stereocenters. The SMILES string of the molecule is CNc1ncc(C(=O)N2C[C@@H](c3ccccc3)O[C@@H](C(C)(C)C)C2)cn1. The van der Waals surface area contributed by atoms with E-state index in [1.807, 2.05) is 35.2 Å². The Labute approximate surface area is 154 Å². The van der Waals surface area contributed by atoms with Gasteiger partial charge in [0, 0.05) is 26.0 Å². The Bertz CT molecular complexity index is 741. The second kappa shape index (κ2) is 7.41. The molecule has 0 spiro atoms. The lowest BCUT2D eigenvalue weighted by Gasteiger charge is -2.43. The van der Waals surface area contributed by atoms with Crippen molar-refractivity contribution in [1.82, 2.24) is 14.9 Å². The molecule has 2 heterocycles. The van der Waals surface area contributed by atoms with Gasteiger partial charge in [0.25, 0.3) is 5.91 Å². The largest absolute Gasteiger partial charge is 0.366 e. The van der Waals surface area contributed by atoms with Crippen molar-refractivity contribution >= 4 is 11.9 Å². The van der Waals surface area contributed by atoms with Crippen LogP contribution in [-0.2, 0) is 4.74 Å². The molecule has 0 saturated carbocycles. The van der Waals surface area contributed by atoms with Crippen LogP contribution in [0.2, 0.25) is 0 Å². The van der Waals surface area contributed by atoms with Crippen molar-refractivity contribution in [2.45, 2.75) is 33.0 Å². The summed E-state index contributed by atoms with van der Waals surface area (Å²) in [4.78, 5) is 23.2. The third-order valence-electron chi connectivity index (χ3n) is 4.65. The summed E-state index contributed by atoms with van der Waals surface area (Å²) in [5, 5.41) is 2.86. The minimum absolute atomic E-state index is 0.0529. The molecule has 26 heavy (non-hydrogen) atoms. The Morgan fingerprint density at radius 3 is 2.38 bits per heavy atom. The van der Waals surface area contributed by atoms with E-state index < -0.39 is 0 Å². The summed E-state index contributed by atoms with van der Waals surface area (Å²) in [6, 6.07) is 10.1. The lowest BCUT2D eigenvalue weighted by Crippen LogP contribution is -2.51. The van der Waals surface area contributed by atoms with Crippen LogP contribution in [0.1, 0.15) is 42.8 Å². The number of carbonyl (C=O) groups is 1. The van der Waals surface area contributed by atoms with Gasteiger partial charge in [-0.3, -0.25) is 4.79 Å². The Balaban J connectivity index is 1.85. The molecule has 2 aromatic rings. The van der Waals surface area contributed by atoms with E-state index in [1.54, 1.807) is 19.4 Å². The average molecular weight is 354 g/mol. The van der Waals surface area contributed by atoms with Crippen LogP contribution in [0.15, 0.2) is 42.7 Å². The minimum atomic E-state index is -0.143. The van der Waals surface area contributed by atoms with Gasteiger partial charge in [-0.05, 0) is 11.0 Å². The van der Waals surface area contributed by atoms with Crippen LogP contribution < -0.4 is 5.32 Å². The predicted molar refractivity (Wildman–Crippen MR) is 101 cm³/mol. The summed E-state index contributed by atoms with van der Waals surface area (Å²) in [5.74, 6) is 0.435. The first-order valence-corrected chi connectivity index (χ1v) is 8.88. The standard InChI is InChI=1S/C20H26N4O2/c1-20(2,3)17-13-24(12-16(26-17)14-8-6-5-7-9-14)18(25)15-10-22-19(21-4)23-11-15/h5-11,16-17H,12-13H2,1-4H3,(H,21,22,23)/t16-,17+/m0/s1. The molecule has 6 heteroatoms. The van der Waals surface area contributed by atoms with Crippen molar-refractivity contribution in [3.63, 3.8) is 0 Å². The van der Waals surface area contributed by atoms with Gasteiger partial charge < -0.3 is 15.0 Å². The molecule has 3 rings (SSSR count). The monoisotopic (exact) mass is 354 g/mol. The second-order valence-electron chi connectivity index (χ2n) is 7.65. The van der Waals surface area contributed by atoms with Crippen LogP contribution in [0.25, 0.3) is 0 Å². The van der Waals surface area contributed by atoms with Gasteiger partial charge in [-0.2, -0.15) is 0 Å². The maximum atomic E-state index is 13.0. The molecule has 1 N–H and O–H groups in total. The molecule has 2 atom stereocenters. The van der Waals surface area contributed by atoms with Gasteiger partial charge in [0.05, 0.1) is 18.2 Å². The van der Waals surface area contributed by atoms with Gasteiger partial charge in [0.2, 0.25) is 5.95 Å². The average Bonchev–Trinajstić information content (AvgIpc) is 2.67. The number of ether oxygens (including phenoxy) is 1. The lowest BCUT2D eigenvalue weighted by atomic mass is 9.87. The number of anilines is 1. The summed E-state index contributed by atoms with van der Waals surface area (Å²) in [7, 11) is 1.75. The van der Waals surface area contributed by atoms with E-state index in [0.717, 1.165) is 5.56 Å². The molecule has 138 valence electrons. The summed E-state index contributed by atoms with van der Waals surface area (Å²) in [6.07, 6.45) is 2.94. The number of nitrogens with zero attached hydrogens (tertiary/aromatic N) is 3. The number of amides is 1. The maximum absolute atomic E-state index is 13.0. The van der Waals surface area contributed by atoms with Crippen molar-refractivity contribution in [1.29, 1.82) is 0 Å². The summed E-state index contributed by atoms with van der Waals surface area (Å²) in [6.45, 7) is 7.48. The maximum Gasteiger partial charge on any atom is 0.257 e. The Kier molecular flexibility index (Phi) is 5.23. The quantitative estimate of drug-likeness (QED) is 0.917. The molecule has 1 aromatic heterocycles. The molecule has 1 fully saturated rings. The van der Waals surface area contributed by atoms with Crippen molar-refractivity contribution in [3.8, 4) is 0 Å². The number of nitrogens with one attached hydrogen (secondary N) is 1. The van der Waals surface area contributed by atoms with Crippen molar-refractivity contribution in [2.75, 3.05) is 25.5 Å². The van der Waals surface area contributed by atoms with Gasteiger partial charge >= 0.3 is 0 Å². The van der Waals surface area contributed by atoms with Crippen molar-refractivity contribution in [2.24, 2.45) is 5.41 Å². The Hall–Kier alpha value is -2.47. The number of rotatable bonds is 3. The van der Waals surface area contributed by atoms with E-state index in [0.29, 0.717) is 24.6 Å². The molecular weight excluding hydrogens is 328 g/mol. The van der Waals surface area contributed by atoms with E-state index in [9.17, 15) is 4.79 Å². The van der Waals surface area contributed by atoms with Gasteiger partial charge in [0.15, 0.2) is 0 Å². The van der Waals surface area contributed by atoms with Crippen LogP contribution in [0.4, 0.5) is 5.95 Å². The fourth-order valence-corrected chi connectivity index (χ4v) is 3.00. The highest BCUT2D eigenvalue weighted by molar-refractivity contribution is 5.93. The smallest absolute Gasteiger partial charge is 0.257 e. The predicted octanol–water partition coefficient (Wildman–Crippen LogP) is 3.15. The zero-order chi connectivity index (χ0) is 18.7. The van der Waals surface area contributed by atoms with E-state index in [-0.39, 0.29) is 23.5 Å². The molecule has 1 saturated heterocycles. The molecule has 0 bridgehead atoms. The first-order chi connectivity index (χ1) is 12.4. The normalized spacial score (nSPS) is 20.7. The number of carbonyl (C=O) groups excluding carboxylic acids is 1. The zero-order valence-corrected chi connectivity index (χ0v) is 15.8. The summed E-state index contributed by atoms with van der Waals surface area (Å²) in [5.41, 5.74) is 1.50. The molecule has 1 aliphatic heterocycles. The highest BCUT2D eigenvalue weighted by Gasteiger charge is 2.37. The van der Waals surface area contributed by atoms with Crippen LogP contribution >= 0.6 is 0 Å². The van der Waals surface area contributed by atoms with Gasteiger partial charge in [-0.15, -0.1) is 0 Å². The Morgan fingerprint density at radius 1 is 1.15 bits per heavy atom. The number of benzene rings is 1. The highest BCUT2D eigenvalue weighted by Crippen LogP contribution is 2.33. The number of morpholine rings is 1. The van der Waals surface area contributed by atoms with Crippen LogP contribution in [0.5, 0.6) is 0 Å². The van der Waals surface area contributed by atoms with E-state index in [1.165, 1.54) is 0 Å². The summed E-state index contributed by atoms with van der Waals surface area (Å²) < 4.78 is 6.35. The second-order valence-corrected chi connectivity index (χ2v) is 7.65. The van der Waals surface area contributed by atoms with Crippen molar-refractivity contribution in [3.05, 3.63) is 53.9 Å². The number of hydrogen-bond acceptors (Lipinski definition) is 5. The van der Waals surface area contributed by atoms with Gasteiger partial charge in [-0.1, -0.05) is 51.1 Å². The van der Waals surface area contributed by atoms with Crippen LogP contribution in [0.3, 0.4) is 0 Å². The van der Waals surface area contributed by atoms with E-state index in [4.69, 9.17) is 4.74 Å². The molecule has 1 aliphatic rings. The third kappa shape index (κ3) is 4.02. The van der Waals surface area contributed by atoms with E-state index in [2.05, 4.69) is 36.1 Å². The third-order valence-corrected chi connectivity index (χ3v) is 4.65. The topological polar surface area (TPSA) is 67.4 Å². The lowest BCUT2D eigenvalue weighted by molar-refractivity contribution is -0.119. The first-order valence-electron chi connectivity index (χ1n) is 8.88. The number of hydrogen-bond donors (Lipinski definition) is 1. The molecule has 1 aromatic carbocycles. The molecular formula is C20H26N4O2. The Morgan fingerprint density at radius 2 is 1.81 bits per heavy atom. The minimum Gasteiger partial charge on any atom is -0.366 e. The highest BCUT2D eigenvalue weighted by atomic mass is 16.5. The van der Waals surface area contributed by atoms with Crippen LogP contribution in [-0.4, -0.2) is 47.0 Å². The zero-order valence-electron chi connectivity index (χ0n) is 15.8. The van der Waals surface area contributed by atoms with Gasteiger partial charge in [-0.25, -0.2) is 9.97 Å². The first kappa shape index (κ1) is 18.3. The van der Waals surface area contributed by atoms with Gasteiger partial charge in [0.1, 0.15) is 6.10 Å². The van der Waals surface area contributed by atoms with Crippen LogP contribution in [0, 0.1) is 5.41 Å². The van der Waals surface area contributed by atoms with Crippen molar-refractivity contribution < 1.29 is 9.53 Å². The summed E-state index contributed by atoms with van der Waals surface area (Å²) >= 11 is 0. The molecule has 1 amide bonds. The van der Waals surface area contributed by atoms with E-state index >= 15 is 0 Å². The number of aromatic nitrogens is 2. The fraction of sp³-hybridized carbons (Fsp3) is 0.450. The molecule has 6 nitrogen and oxygen atoms in total. The fourth-order valence-electron chi connectivity index (χ4n) is 3.00. The molecule has 0 radical (unpaired) electrons.